The van der Waals surface area contributed by atoms with Crippen LogP contribution in [-0.2, 0) is 4.79 Å². The number of amides is 1. The van der Waals surface area contributed by atoms with Gasteiger partial charge in [0, 0.05) is 17.5 Å². The summed E-state index contributed by atoms with van der Waals surface area (Å²) in [7, 11) is 0. The fraction of sp³-hybridized carbons (Fsp3) is 0.583. The smallest absolute Gasteiger partial charge is 0.305 e. The Morgan fingerprint density at radius 1 is 1.56 bits per heavy atom. The van der Waals surface area contributed by atoms with Crippen molar-refractivity contribution in [1.29, 1.82) is 0 Å². The van der Waals surface area contributed by atoms with Crippen molar-refractivity contribution in [1.82, 2.24) is 10.5 Å². The average molecular weight is 252 g/mol. The fourth-order valence-electron chi connectivity index (χ4n) is 1.75. The number of carboxylic acid groups (broad SMARTS) is 1. The molecule has 2 N–H and O–H groups in total. The van der Waals surface area contributed by atoms with E-state index in [0.717, 1.165) is 18.6 Å². The molecule has 6 nitrogen and oxygen atoms in total. The Bertz CT molecular complexity index is 474. The van der Waals surface area contributed by atoms with Crippen LogP contribution < -0.4 is 5.32 Å². The molecule has 0 aromatic carbocycles. The molecule has 0 bridgehead atoms. The molecular weight excluding hydrogens is 236 g/mol. The minimum absolute atomic E-state index is 0.147. The van der Waals surface area contributed by atoms with Crippen LogP contribution in [0.3, 0.4) is 0 Å². The summed E-state index contributed by atoms with van der Waals surface area (Å²) in [6.07, 6.45) is 1.99. The number of aliphatic carboxylic acids is 1. The van der Waals surface area contributed by atoms with Gasteiger partial charge in [-0.1, -0.05) is 5.16 Å². The van der Waals surface area contributed by atoms with Crippen LogP contribution in [-0.4, -0.2) is 27.7 Å². The molecular formula is C12H16N2O4. The zero-order valence-electron chi connectivity index (χ0n) is 10.4. The summed E-state index contributed by atoms with van der Waals surface area (Å²) in [6, 6.07) is 1.63. The van der Waals surface area contributed by atoms with Gasteiger partial charge in [0.2, 0.25) is 0 Å². The molecule has 1 aliphatic rings. The Hall–Kier alpha value is -1.85. The first-order chi connectivity index (χ1) is 8.37. The second-order valence-electron chi connectivity index (χ2n) is 5.30. The molecule has 6 heteroatoms. The van der Waals surface area contributed by atoms with Crippen molar-refractivity contribution in [2.75, 3.05) is 0 Å². The van der Waals surface area contributed by atoms with Gasteiger partial charge in [0.1, 0.15) is 5.76 Å². The van der Waals surface area contributed by atoms with E-state index in [4.69, 9.17) is 9.63 Å². The van der Waals surface area contributed by atoms with E-state index in [1.54, 1.807) is 19.9 Å². The summed E-state index contributed by atoms with van der Waals surface area (Å²) in [5.74, 6) is -0.238. The fourth-order valence-corrected chi connectivity index (χ4v) is 1.75. The molecule has 2 rings (SSSR count). The molecule has 0 radical (unpaired) electrons. The van der Waals surface area contributed by atoms with Crippen molar-refractivity contribution in [3.8, 4) is 0 Å². The average Bonchev–Trinajstić information content (AvgIpc) is 2.93. The van der Waals surface area contributed by atoms with Crippen LogP contribution in [0.5, 0.6) is 0 Å². The molecule has 98 valence electrons. The van der Waals surface area contributed by atoms with E-state index in [-0.39, 0.29) is 12.1 Å². The van der Waals surface area contributed by atoms with Gasteiger partial charge in [-0.05, 0) is 26.7 Å². The quantitative estimate of drug-likeness (QED) is 0.829. The summed E-state index contributed by atoms with van der Waals surface area (Å²) in [5, 5.41) is 15.1. The van der Waals surface area contributed by atoms with Crippen LogP contribution in [0.4, 0.5) is 0 Å². The lowest BCUT2D eigenvalue weighted by Crippen LogP contribution is -2.45. The van der Waals surface area contributed by atoms with Crippen LogP contribution in [0, 0.1) is 0 Å². The Balaban J connectivity index is 1.99. The number of carbonyl (C=O) groups is 2. The zero-order chi connectivity index (χ0) is 13.3. The van der Waals surface area contributed by atoms with E-state index < -0.39 is 17.4 Å². The van der Waals surface area contributed by atoms with Crippen molar-refractivity contribution < 1.29 is 19.2 Å². The molecule has 1 saturated carbocycles. The lowest BCUT2D eigenvalue weighted by Gasteiger charge is -2.23. The molecule has 0 saturated heterocycles. The Morgan fingerprint density at radius 2 is 2.22 bits per heavy atom. The predicted molar refractivity (Wildman–Crippen MR) is 62.3 cm³/mol. The summed E-state index contributed by atoms with van der Waals surface area (Å²) in [5.41, 5.74) is -0.614. The highest BCUT2D eigenvalue weighted by Crippen LogP contribution is 2.40. The largest absolute Gasteiger partial charge is 0.481 e. The van der Waals surface area contributed by atoms with Gasteiger partial charge < -0.3 is 14.9 Å². The Labute approximate surface area is 104 Å². The molecule has 1 fully saturated rings. The molecule has 1 heterocycles. The van der Waals surface area contributed by atoms with Crippen LogP contribution in [0.15, 0.2) is 10.6 Å². The van der Waals surface area contributed by atoms with E-state index in [1.165, 1.54) is 0 Å². The molecule has 1 aromatic rings. The molecule has 18 heavy (non-hydrogen) atoms. The molecule has 1 aromatic heterocycles. The number of hydrogen-bond donors (Lipinski definition) is 2. The van der Waals surface area contributed by atoms with Crippen molar-refractivity contribution in [2.45, 2.75) is 44.6 Å². The van der Waals surface area contributed by atoms with Crippen LogP contribution in [0.1, 0.15) is 55.3 Å². The van der Waals surface area contributed by atoms with E-state index >= 15 is 0 Å². The summed E-state index contributed by atoms with van der Waals surface area (Å²) < 4.78 is 5.08. The van der Waals surface area contributed by atoms with Gasteiger partial charge in [-0.3, -0.25) is 9.59 Å². The van der Waals surface area contributed by atoms with Crippen LogP contribution >= 0.6 is 0 Å². The Morgan fingerprint density at radius 3 is 2.78 bits per heavy atom. The maximum absolute atomic E-state index is 11.9. The third-order valence-corrected chi connectivity index (χ3v) is 2.79. The first-order valence-electron chi connectivity index (χ1n) is 5.88. The van der Waals surface area contributed by atoms with Crippen LogP contribution in [0.25, 0.3) is 0 Å². The third kappa shape index (κ3) is 3.09. The summed E-state index contributed by atoms with van der Waals surface area (Å²) in [6.45, 7) is 3.31. The predicted octanol–water partition coefficient (Wildman–Crippen LogP) is 1.54. The maximum atomic E-state index is 11.9. The standard InChI is InChI=1S/C12H16N2O4/c1-12(2,6-10(15)16)13-11(17)8-5-9(18-14-8)7-3-4-7/h5,7H,3-4,6H2,1-2H3,(H,13,17)(H,15,16). The number of hydrogen-bond acceptors (Lipinski definition) is 4. The van der Waals surface area contributed by atoms with Crippen molar-refractivity contribution in [3.05, 3.63) is 17.5 Å². The van der Waals surface area contributed by atoms with Crippen molar-refractivity contribution in [2.24, 2.45) is 0 Å². The van der Waals surface area contributed by atoms with E-state index in [0.29, 0.717) is 5.92 Å². The van der Waals surface area contributed by atoms with E-state index in [2.05, 4.69) is 10.5 Å². The highest BCUT2D eigenvalue weighted by Gasteiger charge is 2.30. The number of aromatic nitrogens is 1. The van der Waals surface area contributed by atoms with Gasteiger partial charge in [-0.25, -0.2) is 0 Å². The molecule has 0 atom stereocenters. The molecule has 0 aliphatic heterocycles. The molecule has 0 unspecified atom stereocenters. The van der Waals surface area contributed by atoms with E-state index in [9.17, 15) is 9.59 Å². The van der Waals surface area contributed by atoms with Gasteiger partial charge >= 0.3 is 5.97 Å². The van der Waals surface area contributed by atoms with Gasteiger partial charge in [0.05, 0.1) is 6.42 Å². The zero-order valence-corrected chi connectivity index (χ0v) is 10.4. The monoisotopic (exact) mass is 252 g/mol. The molecule has 1 amide bonds. The lowest BCUT2D eigenvalue weighted by molar-refractivity contribution is -0.138. The molecule has 0 spiro atoms. The second-order valence-corrected chi connectivity index (χ2v) is 5.30. The first-order valence-corrected chi connectivity index (χ1v) is 5.88. The molecule has 1 aliphatic carbocycles. The number of carbonyl (C=O) groups excluding carboxylic acids is 1. The van der Waals surface area contributed by atoms with Crippen molar-refractivity contribution in [3.63, 3.8) is 0 Å². The maximum Gasteiger partial charge on any atom is 0.305 e. The topological polar surface area (TPSA) is 92.4 Å². The number of rotatable bonds is 5. The number of nitrogens with zero attached hydrogens (tertiary/aromatic N) is 1. The van der Waals surface area contributed by atoms with E-state index in [1.807, 2.05) is 0 Å². The number of carboxylic acids is 1. The highest BCUT2D eigenvalue weighted by atomic mass is 16.5. The van der Waals surface area contributed by atoms with Gasteiger partial charge in [0.15, 0.2) is 5.69 Å². The Kier molecular flexibility index (Phi) is 3.11. The highest BCUT2D eigenvalue weighted by molar-refractivity contribution is 5.93. The minimum Gasteiger partial charge on any atom is -0.481 e. The third-order valence-electron chi connectivity index (χ3n) is 2.79. The minimum atomic E-state index is -0.959. The van der Waals surface area contributed by atoms with Gasteiger partial charge in [-0.15, -0.1) is 0 Å². The SMILES string of the molecule is CC(C)(CC(=O)O)NC(=O)c1cc(C2CC2)on1. The first kappa shape index (κ1) is 12.6. The normalized spacial score (nSPS) is 15.4. The number of nitrogens with one attached hydrogen (secondary N) is 1. The summed E-state index contributed by atoms with van der Waals surface area (Å²) >= 11 is 0. The summed E-state index contributed by atoms with van der Waals surface area (Å²) in [4.78, 5) is 22.5. The van der Waals surface area contributed by atoms with Crippen molar-refractivity contribution >= 4 is 11.9 Å². The van der Waals surface area contributed by atoms with Crippen LogP contribution in [0.2, 0.25) is 0 Å². The lowest BCUT2D eigenvalue weighted by atomic mass is 10.0. The second kappa shape index (κ2) is 4.44. The van der Waals surface area contributed by atoms with Gasteiger partial charge in [-0.2, -0.15) is 0 Å². The van der Waals surface area contributed by atoms with Gasteiger partial charge in [0.25, 0.3) is 5.91 Å².